The average Bonchev–Trinajstić information content (AvgIpc) is 2.67. The van der Waals surface area contributed by atoms with Gasteiger partial charge in [0.15, 0.2) is 0 Å². The molecule has 1 amide bonds. The fraction of sp³-hybridized carbons (Fsp3) is 0.0526. The minimum Gasteiger partial charge on any atom is -0.317 e. The highest BCUT2D eigenvalue weighted by molar-refractivity contribution is 6.04. The molecule has 3 aromatic rings. The van der Waals surface area contributed by atoms with Crippen molar-refractivity contribution in [2.24, 2.45) is 0 Å². The number of para-hydroxylation sites is 1. The smallest absolute Gasteiger partial charge is 0.269 e. The molecule has 0 aliphatic rings. The molecule has 3 rings (SSSR count). The zero-order valence-electron chi connectivity index (χ0n) is 14.3. The van der Waals surface area contributed by atoms with Gasteiger partial charge in [-0.15, -0.1) is 0 Å². The van der Waals surface area contributed by atoms with Crippen molar-refractivity contribution in [3.63, 3.8) is 0 Å². The van der Waals surface area contributed by atoms with E-state index in [4.69, 9.17) is 0 Å². The number of nitrogens with one attached hydrogen (secondary N) is 1. The summed E-state index contributed by atoms with van der Waals surface area (Å²) in [5, 5.41) is 12.8. The maximum absolute atomic E-state index is 13.7. The quantitative estimate of drug-likeness (QED) is 0.538. The van der Waals surface area contributed by atoms with Crippen molar-refractivity contribution in [2.45, 2.75) is 6.54 Å². The van der Waals surface area contributed by atoms with Gasteiger partial charge in [-0.05, 0) is 23.8 Å². The minimum atomic E-state index is -0.924. The lowest BCUT2D eigenvalue weighted by Gasteiger charge is -2.10. The van der Waals surface area contributed by atoms with E-state index in [2.05, 4.69) is 5.32 Å². The van der Waals surface area contributed by atoms with Crippen molar-refractivity contribution >= 4 is 17.3 Å². The number of hydrogen-bond acceptors (Lipinski definition) is 4. The Morgan fingerprint density at radius 3 is 2.29 bits per heavy atom. The number of hydrogen-bond donors (Lipinski definition) is 1. The standard InChI is InChI=1S/C19H13F2N3O4/c20-15-2-1-3-16(21)18(15)22-19(26)13-6-9-17(25)23(11-13)10-12-4-7-14(8-5-12)24(27)28/h1-9,11H,10H2,(H,22,26). The third-order valence-corrected chi connectivity index (χ3v) is 3.95. The second kappa shape index (κ2) is 7.78. The first-order valence-electron chi connectivity index (χ1n) is 8.04. The van der Waals surface area contributed by atoms with Crippen molar-refractivity contribution in [1.29, 1.82) is 0 Å². The molecule has 2 aromatic carbocycles. The molecular formula is C19H13F2N3O4. The largest absolute Gasteiger partial charge is 0.317 e. The first-order chi connectivity index (χ1) is 13.3. The molecule has 0 aliphatic carbocycles. The Kier molecular flexibility index (Phi) is 5.25. The van der Waals surface area contributed by atoms with E-state index in [1.807, 2.05) is 0 Å². The third-order valence-electron chi connectivity index (χ3n) is 3.95. The zero-order chi connectivity index (χ0) is 20.3. The Bertz CT molecular complexity index is 1090. The van der Waals surface area contributed by atoms with Crippen LogP contribution in [0.15, 0.2) is 65.6 Å². The predicted molar refractivity (Wildman–Crippen MR) is 97.2 cm³/mol. The summed E-state index contributed by atoms with van der Waals surface area (Å²) >= 11 is 0. The van der Waals surface area contributed by atoms with Crippen LogP contribution in [0.4, 0.5) is 20.2 Å². The Labute approximate surface area is 157 Å². The Hall–Kier alpha value is -3.88. The lowest BCUT2D eigenvalue weighted by Crippen LogP contribution is -2.23. The summed E-state index contributed by atoms with van der Waals surface area (Å²) in [4.78, 5) is 34.5. The van der Waals surface area contributed by atoms with E-state index in [9.17, 15) is 28.5 Å². The van der Waals surface area contributed by atoms with Gasteiger partial charge in [0.05, 0.1) is 17.0 Å². The van der Waals surface area contributed by atoms with Gasteiger partial charge in [-0.25, -0.2) is 8.78 Å². The summed E-state index contributed by atoms with van der Waals surface area (Å²) in [6.45, 7) is 0.0615. The van der Waals surface area contributed by atoms with Crippen LogP contribution in [-0.4, -0.2) is 15.4 Å². The number of rotatable bonds is 5. The molecule has 0 saturated heterocycles. The van der Waals surface area contributed by atoms with Crippen LogP contribution in [-0.2, 0) is 6.54 Å². The molecule has 9 heteroatoms. The number of nitro groups is 1. The van der Waals surface area contributed by atoms with Gasteiger partial charge < -0.3 is 9.88 Å². The van der Waals surface area contributed by atoms with E-state index < -0.39 is 33.7 Å². The molecule has 0 bridgehead atoms. The van der Waals surface area contributed by atoms with Crippen LogP contribution in [0.25, 0.3) is 0 Å². The fourth-order valence-electron chi connectivity index (χ4n) is 2.51. The number of nitrogens with zero attached hydrogens (tertiary/aromatic N) is 2. The van der Waals surface area contributed by atoms with Crippen LogP contribution >= 0.6 is 0 Å². The summed E-state index contributed by atoms with van der Waals surface area (Å²) in [5.41, 5.74) is -0.460. The maximum Gasteiger partial charge on any atom is 0.269 e. The van der Waals surface area contributed by atoms with Gasteiger partial charge >= 0.3 is 0 Å². The van der Waals surface area contributed by atoms with E-state index in [1.165, 1.54) is 47.2 Å². The first-order valence-corrected chi connectivity index (χ1v) is 8.04. The molecule has 0 unspecified atom stereocenters. The number of aromatic nitrogens is 1. The van der Waals surface area contributed by atoms with Gasteiger partial charge in [-0.1, -0.05) is 18.2 Å². The molecule has 0 atom stereocenters. The van der Waals surface area contributed by atoms with Crippen molar-refractivity contribution in [3.05, 3.63) is 104 Å². The molecular weight excluding hydrogens is 372 g/mol. The molecule has 1 N–H and O–H groups in total. The van der Waals surface area contributed by atoms with Gasteiger partial charge in [-0.3, -0.25) is 19.7 Å². The summed E-state index contributed by atoms with van der Waals surface area (Å²) in [7, 11) is 0. The number of carbonyl (C=O) groups is 1. The van der Waals surface area contributed by atoms with Crippen LogP contribution in [0.2, 0.25) is 0 Å². The highest BCUT2D eigenvalue weighted by Crippen LogP contribution is 2.19. The second-order valence-corrected chi connectivity index (χ2v) is 5.86. The summed E-state index contributed by atoms with van der Waals surface area (Å²) in [6.07, 6.45) is 1.25. The topological polar surface area (TPSA) is 94.2 Å². The normalized spacial score (nSPS) is 10.5. The average molecular weight is 385 g/mol. The molecule has 1 heterocycles. The molecule has 1 aromatic heterocycles. The lowest BCUT2D eigenvalue weighted by atomic mass is 10.2. The Balaban J connectivity index is 1.83. The molecule has 0 radical (unpaired) electrons. The van der Waals surface area contributed by atoms with Crippen molar-refractivity contribution in [3.8, 4) is 0 Å². The lowest BCUT2D eigenvalue weighted by molar-refractivity contribution is -0.384. The number of amides is 1. The molecule has 0 fully saturated rings. The number of non-ortho nitro benzene ring substituents is 1. The van der Waals surface area contributed by atoms with E-state index in [-0.39, 0.29) is 17.8 Å². The molecule has 7 nitrogen and oxygen atoms in total. The summed E-state index contributed by atoms with van der Waals surface area (Å²) in [6, 6.07) is 11.2. The van der Waals surface area contributed by atoms with E-state index in [1.54, 1.807) is 0 Å². The predicted octanol–water partition coefficient (Wildman–Crippen LogP) is 3.34. The summed E-state index contributed by atoms with van der Waals surface area (Å²) < 4.78 is 28.6. The van der Waals surface area contributed by atoms with Crippen LogP contribution in [0, 0.1) is 21.7 Å². The SMILES string of the molecule is O=C(Nc1c(F)cccc1F)c1ccc(=O)n(Cc2ccc([N+](=O)[O-])cc2)c1. The van der Waals surface area contributed by atoms with Gasteiger partial charge in [-0.2, -0.15) is 0 Å². The highest BCUT2D eigenvalue weighted by Gasteiger charge is 2.14. The number of pyridine rings is 1. The number of halogens is 2. The Morgan fingerprint density at radius 1 is 1.04 bits per heavy atom. The monoisotopic (exact) mass is 385 g/mol. The second-order valence-electron chi connectivity index (χ2n) is 5.86. The van der Waals surface area contributed by atoms with Gasteiger partial charge in [0, 0.05) is 24.4 Å². The van der Waals surface area contributed by atoms with Crippen molar-refractivity contribution < 1.29 is 18.5 Å². The number of anilines is 1. The van der Waals surface area contributed by atoms with Gasteiger partial charge in [0.25, 0.3) is 17.2 Å². The number of benzene rings is 2. The molecule has 28 heavy (non-hydrogen) atoms. The van der Waals surface area contributed by atoms with E-state index >= 15 is 0 Å². The highest BCUT2D eigenvalue weighted by atomic mass is 19.1. The fourth-order valence-corrected chi connectivity index (χ4v) is 2.51. The van der Waals surface area contributed by atoms with Crippen LogP contribution < -0.4 is 10.9 Å². The zero-order valence-corrected chi connectivity index (χ0v) is 14.3. The molecule has 0 saturated carbocycles. The first kappa shape index (κ1) is 18.9. The third kappa shape index (κ3) is 4.09. The molecule has 142 valence electrons. The molecule has 0 spiro atoms. The van der Waals surface area contributed by atoms with E-state index in [0.717, 1.165) is 18.2 Å². The van der Waals surface area contributed by atoms with Crippen molar-refractivity contribution in [2.75, 3.05) is 5.32 Å². The van der Waals surface area contributed by atoms with Crippen LogP contribution in [0.5, 0.6) is 0 Å². The van der Waals surface area contributed by atoms with Crippen molar-refractivity contribution in [1.82, 2.24) is 4.57 Å². The minimum absolute atomic E-state index is 0.0177. The van der Waals surface area contributed by atoms with Crippen LogP contribution in [0.1, 0.15) is 15.9 Å². The van der Waals surface area contributed by atoms with Crippen LogP contribution in [0.3, 0.4) is 0 Å². The van der Waals surface area contributed by atoms with E-state index in [0.29, 0.717) is 5.56 Å². The Morgan fingerprint density at radius 2 is 1.68 bits per heavy atom. The number of nitro benzene ring substituents is 1. The van der Waals surface area contributed by atoms with Gasteiger partial charge in [0.1, 0.15) is 17.3 Å². The summed E-state index contributed by atoms with van der Waals surface area (Å²) in [5.74, 6) is -2.64. The molecule has 0 aliphatic heterocycles. The van der Waals surface area contributed by atoms with Gasteiger partial charge in [0.2, 0.25) is 0 Å². The number of carbonyl (C=O) groups excluding carboxylic acids is 1. The maximum atomic E-state index is 13.7.